The highest BCUT2D eigenvalue weighted by molar-refractivity contribution is 5.93. The van der Waals surface area contributed by atoms with Crippen LogP contribution in [0.5, 0.6) is 0 Å². The van der Waals surface area contributed by atoms with Gasteiger partial charge >= 0.3 is 12.0 Å². The van der Waals surface area contributed by atoms with Gasteiger partial charge in [0.1, 0.15) is 6.07 Å². The van der Waals surface area contributed by atoms with Gasteiger partial charge in [0.05, 0.1) is 17.2 Å². The largest absolute Gasteiger partial charge is 0.481 e. The van der Waals surface area contributed by atoms with Crippen LogP contribution in [0.4, 0.5) is 10.5 Å². The Labute approximate surface area is 117 Å². The van der Waals surface area contributed by atoms with Gasteiger partial charge in [-0.3, -0.25) is 9.69 Å². The average Bonchev–Trinajstić information content (AvgIpc) is 2.45. The molecule has 0 aromatic heterocycles. The van der Waals surface area contributed by atoms with Gasteiger partial charge in [0, 0.05) is 20.6 Å². The molecule has 1 unspecified atom stereocenters. The number of amides is 2. The van der Waals surface area contributed by atoms with Crippen molar-refractivity contribution in [3.63, 3.8) is 0 Å². The summed E-state index contributed by atoms with van der Waals surface area (Å²) >= 11 is 0. The first-order valence-corrected chi connectivity index (χ1v) is 6.09. The number of hydrogen-bond acceptors (Lipinski definition) is 3. The first-order valence-electron chi connectivity index (χ1n) is 6.09. The molecular weight excluding hydrogens is 258 g/mol. The normalized spacial score (nSPS) is 11.3. The Morgan fingerprint density at radius 1 is 1.35 bits per heavy atom. The summed E-state index contributed by atoms with van der Waals surface area (Å²) in [6, 6.07) is 8.41. The summed E-state index contributed by atoms with van der Waals surface area (Å²) in [5, 5.41) is 17.9. The van der Waals surface area contributed by atoms with Gasteiger partial charge in [-0.25, -0.2) is 4.79 Å². The molecule has 0 saturated carbocycles. The first kappa shape index (κ1) is 15.5. The second-order valence-corrected chi connectivity index (χ2v) is 4.59. The SMILES string of the molecule is CC(CN(C)C(=O)N(C)c1ccccc1C#N)C(=O)O. The topological polar surface area (TPSA) is 84.6 Å². The standard InChI is InChI=1S/C14H17N3O3/c1-10(13(18)19)9-16(2)14(20)17(3)12-7-5-4-6-11(12)8-15/h4-7,10H,9H2,1-3H3,(H,18,19). The lowest BCUT2D eigenvalue weighted by Crippen LogP contribution is -2.42. The lowest BCUT2D eigenvalue weighted by Gasteiger charge is -2.26. The lowest BCUT2D eigenvalue weighted by molar-refractivity contribution is -0.141. The fraction of sp³-hybridized carbons (Fsp3) is 0.357. The predicted molar refractivity (Wildman–Crippen MR) is 74.4 cm³/mol. The summed E-state index contributed by atoms with van der Waals surface area (Å²) in [5.41, 5.74) is 0.887. The average molecular weight is 275 g/mol. The third kappa shape index (κ3) is 3.48. The van der Waals surface area contributed by atoms with Crippen LogP contribution < -0.4 is 4.90 Å². The fourth-order valence-corrected chi connectivity index (χ4v) is 1.79. The molecule has 6 heteroatoms. The summed E-state index contributed by atoms with van der Waals surface area (Å²) in [6.45, 7) is 1.64. The van der Waals surface area contributed by atoms with E-state index < -0.39 is 11.9 Å². The Morgan fingerprint density at radius 3 is 2.50 bits per heavy atom. The molecule has 1 N–H and O–H groups in total. The van der Waals surface area contributed by atoms with E-state index in [-0.39, 0.29) is 12.6 Å². The van der Waals surface area contributed by atoms with E-state index in [2.05, 4.69) is 0 Å². The second-order valence-electron chi connectivity index (χ2n) is 4.59. The van der Waals surface area contributed by atoms with Crippen molar-refractivity contribution in [1.82, 2.24) is 4.90 Å². The number of rotatable bonds is 4. The summed E-state index contributed by atoms with van der Waals surface area (Å²) in [6.07, 6.45) is 0. The summed E-state index contributed by atoms with van der Waals surface area (Å²) in [7, 11) is 3.09. The molecule has 1 atom stereocenters. The number of aliphatic carboxylic acids is 1. The van der Waals surface area contributed by atoms with E-state index >= 15 is 0 Å². The van der Waals surface area contributed by atoms with Crippen molar-refractivity contribution in [2.24, 2.45) is 5.92 Å². The van der Waals surface area contributed by atoms with E-state index in [0.717, 1.165) is 0 Å². The van der Waals surface area contributed by atoms with Crippen LogP contribution in [0, 0.1) is 17.2 Å². The smallest absolute Gasteiger partial charge is 0.324 e. The maximum absolute atomic E-state index is 12.2. The van der Waals surface area contributed by atoms with Crippen LogP contribution in [-0.2, 0) is 4.79 Å². The van der Waals surface area contributed by atoms with Gasteiger partial charge in [0.2, 0.25) is 0 Å². The number of nitrogens with zero attached hydrogens (tertiary/aromatic N) is 3. The molecule has 0 fully saturated rings. The zero-order valence-corrected chi connectivity index (χ0v) is 11.7. The minimum absolute atomic E-state index is 0.104. The minimum atomic E-state index is -0.954. The fourth-order valence-electron chi connectivity index (χ4n) is 1.79. The summed E-state index contributed by atoms with van der Waals surface area (Å²) in [4.78, 5) is 25.7. The highest BCUT2D eigenvalue weighted by Gasteiger charge is 2.21. The maximum atomic E-state index is 12.2. The second kappa shape index (κ2) is 6.57. The summed E-state index contributed by atoms with van der Waals surface area (Å²) < 4.78 is 0. The molecule has 0 bridgehead atoms. The minimum Gasteiger partial charge on any atom is -0.481 e. The number of carboxylic acid groups (broad SMARTS) is 1. The highest BCUT2D eigenvalue weighted by atomic mass is 16.4. The zero-order valence-electron chi connectivity index (χ0n) is 11.7. The van der Waals surface area contributed by atoms with Crippen LogP contribution in [0.3, 0.4) is 0 Å². The van der Waals surface area contributed by atoms with E-state index in [1.165, 1.54) is 23.8 Å². The molecule has 1 aromatic rings. The number of urea groups is 1. The Bertz CT molecular complexity index is 551. The monoisotopic (exact) mass is 275 g/mol. The quantitative estimate of drug-likeness (QED) is 0.907. The molecule has 2 amide bonds. The molecular formula is C14H17N3O3. The van der Waals surface area contributed by atoms with Gasteiger partial charge in [0.15, 0.2) is 0 Å². The molecule has 0 aliphatic rings. The number of carbonyl (C=O) groups is 2. The van der Waals surface area contributed by atoms with Crippen LogP contribution in [0.25, 0.3) is 0 Å². The zero-order chi connectivity index (χ0) is 15.3. The van der Waals surface area contributed by atoms with Crippen molar-refractivity contribution in [1.29, 1.82) is 5.26 Å². The number of para-hydroxylation sites is 1. The van der Waals surface area contributed by atoms with Crippen LogP contribution in [-0.4, -0.2) is 42.6 Å². The van der Waals surface area contributed by atoms with Gasteiger partial charge in [-0.05, 0) is 12.1 Å². The molecule has 1 aromatic carbocycles. The Morgan fingerprint density at radius 2 is 1.95 bits per heavy atom. The van der Waals surface area contributed by atoms with E-state index in [0.29, 0.717) is 11.3 Å². The lowest BCUT2D eigenvalue weighted by atomic mass is 10.1. The van der Waals surface area contributed by atoms with Crippen molar-refractivity contribution < 1.29 is 14.7 Å². The van der Waals surface area contributed by atoms with E-state index in [4.69, 9.17) is 10.4 Å². The van der Waals surface area contributed by atoms with Gasteiger partial charge in [0.25, 0.3) is 0 Å². The number of hydrogen-bond donors (Lipinski definition) is 1. The Kier molecular flexibility index (Phi) is 5.09. The van der Waals surface area contributed by atoms with E-state index in [9.17, 15) is 9.59 Å². The van der Waals surface area contributed by atoms with E-state index in [1.54, 1.807) is 31.3 Å². The van der Waals surface area contributed by atoms with E-state index in [1.807, 2.05) is 6.07 Å². The van der Waals surface area contributed by atoms with Crippen molar-refractivity contribution in [3.05, 3.63) is 29.8 Å². The number of carbonyl (C=O) groups excluding carboxylic acids is 1. The predicted octanol–water partition coefficient (Wildman–Crippen LogP) is 1.77. The highest BCUT2D eigenvalue weighted by Crippen LogP contribution is 2.19. The Hall–Kier alpha value is -2.55. The van der Waals surface area contributed by atoms with Crippen LogP contribution in [0.2, 0.25) is 0 Å². The van der Waals surface area contributed by atoms with Crippen LogP contribution >= 0.6 is 0 Å². The molecule has 0 radical (unpaired) electrons. The third-order valence-corrected chi connectivity index (χ3v) is 2.97. The number of carboxylic acids is 1. The van der Waals surface area contributed by atoms with Gasteiger partial charge < -0.3 is 10.0 Å². The molecule has 0 aliphatic carbocycles. The Balaban J connectivity index is 2.86. The van der Waals surface area contributed by atoms with Gasteiger partial charge in [-0.15, -0.1) is 0 Å². The molecule has 1 rings (SSSR count). The molecule has 106 valence electrons. The summed E-state index contributed by atoms with van der Waals surface area (Å²) in [5.74, 6) is -1.60. The third-order valence-electron chi connectivity index (χ3n) is 2.97. The molecule has 0 heterocycles. The van der Waals surface area contributed by atoms with Crippen LogP contribution in [0.1, 0.15) is 12.5 Å². The number of benzene rings is 1. The van der Waals surface area contributed by atoms with Gasteiger partial charge in [-0.2, -0.15) is 5.26 Å². The molecule has 20 heavy (non-hydrogen) atoms. The molecule has 6 nitrogen and oxygen atoms in total. The number of nitriles is 1. The van der Waals surface area contributed by atoms with Crippen LogP contribution in [0.15, 0.2) is 24.3 Å². The molecule has 0 spiro atoms. The van der Waals surface area contributed by atoms with Crippen molar-refractivity contribution >= 4 is 17.7 Å². The van der Waals surface area contributed by atoms with Crippen molar-refractivity contribution in [2.75, 3.05) is 25.5 Å². The van der Waals surface area contributed by atoms with Gasteiger partial charge in [-0.1, -0.05) is 19.1 Å². The molecule has 0 saturated heterocycles. The van der Waals surface area contributed by atoms with Crippen molar-refractivity contribution in [2.45, 2.75) is 6.92 Å². The first-order chi connectivity index (χ1) is 9.38. The number of anilines is 1. The van der Waals surface area contributed by atoms with Crippen molar-refractivity contribution in [3.8, 4) is 6.07 Å². The molecule has 0 aliphatic heterocycles. The maximum Gasteiger partial charge on any atom is 0.324 e.